The number of hydrogen-bond donors (Lipinski definition) is 2. The maximum absolute atomic E-state index is 3.59. The minimum atomic E-state index is 0.590. The molecule has 0 aliphatic carbocycles. The Bertz CT molecular complexity index is 341. The zero-order valence-corrected chi connectivity index (χ0v) is 11.0. The molecular formula is C15H24N2. The van der Waals surface area contributed by atoms with Gasteiger partial charge in [0.1, 0.15) is 0 Å². The van der Waals surface area contributed by atoms with E-state index in [4.69, 9.17) is 0 Å². The van der Waals surface area contributed by atoms with Crippen LogP contribution in [0.4, 0.5) is 5.69 Å². The van der Waals surface area contributed by atoms with Gasteiger partial charge in [-0.1, -0.05) is 32.0 Å². The van der Waals surface area contributed by atoms with E-state index >= 15 is 0 Å². The molecule has 2 heteroatoms. The summed E-state index contributed by atoms with van der Waals surface area (Å²) in [7, 11) is 0. The van der Waals surface area contributed by atoms with Crippen molar-refractivity contribution in [3.63, 3.8) is 0 Å². The molecule has 2 nitrogen and oxygen atoms in total. The van der Waals surface area contributed by atoms with Crippen molar-refractivity contribution in [2.75, 3.05) is 25.0 Å². The van der Waals surface area contributed by atoms with Crippen LogP contribution in [-0.4, -0.2) is 19.6 Å². The minimum Gasteiger partial charge on any atom is -0.385 e. The van der Waals surface area contributed by atoms with Gasteiger partial charge in [0.25, 0.3) is 0 Å². The molecular weight excluding hydrogens is 208 g/mol. The predicted molar refractivity (Wildman–Crippen MR) is 74.6 cm³/mol. The van der Waals surface area contributed by atoms with E-state index in [9.17, 15) is 0 Å². The van der Waals surface area contributed by atoms with Crippen LogP contribution in [0, 0.1) is 5.92 Å². The first-order chi connectivity index (χ1) is 8.27. The number of benzene rings is 1. The summed E-state index contributed by atoms with van der Waals surface area (Å²) in [4.78, 5) is 0. The molecule has 0 amide bonds. The summed E-state index contributed by atoms with van der Waals surface area (Å²) >= 11 is 0. The third kappa shape index (κ3) is 3.47. The van der Waals surface area contributed by atoms with E-state index in [0.717, 1.165) is 12.5 Å². The average Bonchev–Trinajstić information content (AvgIpc) is 2.82. The molecule has 0 spiro atoms. The van der Waals surface area contributed by atoms with Crippen LogP contribution in [0.15, 0.2) is 24.3 Å². The zero-order chi connectivity index (χ0) is 12.1. The van der Waals surface area contributed by atoms with E-state index in [-0.39, 0.29) is 0 Å². The smallest absolute Gasteiger partial charge is 0.0375 e. The van der Waals surface area contributed by atoms with Crippen LogP contribution < -0.4 is 10.6 Å². The van der Waals surface area contributed by atoms with E-state index in [0.29, 0.717) is 5.92 Å². The molecule has 1 aromatic carbocycles. The molecule has 1 atom stereocenters. The van der Waals surface area contributed by atoms with Crippen molar-refractivity contribution in [2.24, 2.45) is 5.92 Å². The summed E-state index contributed by atoms with van der Waals surface area (Å²) in [5, 5.41) is 7.02. The van der Waals surface area contributed by atoms with Crippen molar-refractivity contribution < 1.29 is 0 Å². The van der Waals surface area contributed by atoms with Gasteiger partial charge in [-0.3, -0.25) is 0 Å². The summed E-state index contributed by atoms with van der Waals surface area (Å²) in [6, 6.07) is 8.67. The number of nitrogens with one attached hydrogen (secondary N) is 2. The average molecular weight is 232 g/mol. The predicted octanol–water partition coefficient (Wildman–Crippen LogP) is 3.22. The summed E-state index contributed by atoms with van der Waals surface area (Å²) in [5.41, 5.74) is 2.74. The minimum absolute atomic E-state index is 0.590. The van der Waals surface area contributed by atoms with Gasteiger partial charge >= 0.3 is 0 Å². The van der Waals surface area contributed by atoms with Gasteiger partial charge in [-0.15, -0.1) is 0 Å². The summed E-state index contributed by atoms with van der Waals surface area (Å²) in [6.45, 7) is 8.00. The quantitative estimate of drug-likeness (QED) is 0.814. The van der Waals surface area contributed by atoms with Crippen molar-refractivity contribution in [3.8, 4) is 0 Å². The zero-order valence-electron chi connectivity index (χ0n) is 11.0. The van der Waals surface area contributed by atoms with E-state index in [1.54, 1.807) is 0 Å². The molecule has 1 fully saturated rings. The van der Waals surface area contributed by atoms with Crippen molar-refractivity contribution >= 4 is 5.69 Å². The largest absolute Gasteiger partial charge is 0.385 e. The highest BCUT2D eigenvalue weighted by molar-refractivity contribution is 5.52. The lowest BCUT2D eigenvalue weighted by Crippen LogP contribution is -2.13. The van der Waals surface area contributed by atoms with Crippen LogP contribution in [0.25, 0.3) is 0 Å². The van der Waals surface area contributed by atoms with Gasteiger partial charge in [-0.05, 0) is 49.4 Å². The maximum Gasteiger partial charge on any atom is 0.0375 e. The van der Waals surface area contributed by atoms with Crippen molar-refractivity contribution in [3.05, 3.63) is 29.8 Å². The summed E-state index contributed by atoms with van der Waals surface area (Å²) in [5.74, 6) is 1.46. The molecule has 1 aliphatic heterocycles. The molecule has 1 aliphatic rings. The highest BCUT2D eigenvalue weighted by atomic mass is 14.9. The van der Waals surface area contributed by atoms with Gasteiger partial charge in [-0.25, -0.2) is 0 Å². The van der Waals surface area contributed by atoms with E-state index in [2.05, 4.69) is 48.7 Å². The van der Waals surface area contributed by atoms with Crippen molar-refractivity contribution in [1.82, 2.24) is 5.32 Å². The van der Waals surface area contributed by atoms with Crippen LogP contribution in [-0.2, 0) is 0 Å². The van der Waals surface area contributed by atoms with Gasteiger partial charge in [-0.2, -0.15) is 0 Å². The molecule has 17 heavy (non-hydrogen) atoms. The Balaban J connectivity index is 1.85. The topological polar surface area (TPSA) is 24.1 Å². The normalized spacial score (nSPS) is 19.8. The number of anilines is 1. The van der Waals surface area contributed by atoms with E-state index in [1.165, 1.54) is 37.2 Å². The first kappa shape index (κ1) is 12.4. The van der Waals surface area contributed by atoms with Crippen LogP contribution in [0.1, 0.15) is 38.2 Å². The second kappa shape index (κ2) is 6.06. The molecule has 0 aromatic heterocycles. The second-order valence-corrected chi connectivity index (χ2v) is 5.32. The maximum atomic E-state index is 3.59. The first-order valence-corrected chi connectivity index (χ1v) is 6.81. The standard InChI is InChI=1S/C15H24N2/c1-12(2)14-5-3-4-6-15(14)17-10-8-13-7-9-16-11-13/h3-6,12-13,16-17H,7-11H2,1-2H3. The Hall–Kier alpha value is -1.02. The number of rotatable bonds is 5. The lowest BCUT2D eigenvalue weighted by atomic mass is 10.0. The number of para-hydroxylation sites is 1. The molecule has 1 heterocycles. The first-order valence-electron chi connectivity index (χ1n) is 6.81. The Labute approximate surface area is 105 Å². The fourth-order valence-corrected chi connectivity index (χ4v) is 2.53. The molecule has 2 rings (SSSR count). The fraction of sp³-hybridized carbons (Fsp3) is 0.600. The highest BCUT2D eigenvalue weighted by Crippen LogP contribution is 2.24. The molecule has 2 N–H and O–H groups in total. The summed E-state index contributed by atoms with van der Waals surface area (Å²) < 4.78 is 0. The van der Waals surface area contributed by atoms with Crippen LogP contribution in [0.5, 0.6) is 0 Å². The third-order valence-electron chi connectivity index (χ3n) is 3.61. The van der Waals surface area contributed by atoms with Crippen LogP contribution in [0.3, 0.4) is 0 Å². The van der Waals surface area contributed by atoms with Gasteiger partial charge in [0, 0.05) is 12.2 Å². The SMILES string of the molecule is CC(C)c1ccccc1NCCC1CCNC1. The fourth-order valence-electron chi connectivity index (χ4n) is 2.53. The molecule has 0 saturated carbocycles. The van der Waals surface area contributed by atoms with Crippen LogP contribution >= 0.6 is 0 Å². The Morgan fingerprint density at radius 3 is 2.88 bits per heavy atom. The Morgan fingerprint density at radius 1 is 1.35 bits per heavy atom. The molecule has 1 unspecified atom stereocenters. The van der Waals surface area contributed by atoms with E-state index in [1.807, 2.05) is 0 Å². The molecule has 0 bridgehead atoms. The lowest BCUT2D eigenvalue weighted by Gasteiger charge is -2.15. The monoisotopic (exact) mass is 232 g/mol. The van der Waals surface area contributed by atoms with Gasteiger partial charge < -0.3 is 10.6 Å². The highest BCUT2D eigenvalue weighted by Gasteiger charge is 2.13. The van der Waals surface area contributed by atoms with Crippen LogP contribution in [0.2, 0.25) is 0 Å². The second-order valence-electron chi connectivity index (χ2n) is 5.32. The molecule has 0 radical (unpaired) electrons. The third-order valence-corrected chi connectivity index (χ3v) is 3.61. The molecule has 94 valence electrons. The number of hydrogen-bond acceptors (Lipinski definition) is 2. The van der Waals surface area contributed by atoms with E-state index < -0.39 is 0 Å². The molecule has 1 saturated heterocycles. The summed E-state index contributed by atoms with van der Waals surface area (Å²) in [6.07, 6.45) is 2.62. The molecule has 1 aromatic rings. The van der Waals surface area contributed by atoms with Gasteiger partial charge in [0.05, 0.1) is 0 Å². The lowest BCUT2D eigenvalue weighted by molar-refractivity contribution is 0.549. The van der Waals surface area contributed by atoms with Gasteiger partial charge in [0.15, 0.2) is 0 Å². The van der Waals surface area contributed by atoms with Crippen molar-refractivity contribution in [2.45, 2.75) is 32.6 Å². The van der Waals surface area contributed by atoms with Gasteiger partial charge in [0.2, 0.25) is 0 Å². The Kier molecular flexibility index (Phi) is 4.43. The van der Waals surface area contributed by atoms with Crippen molar-refractivity contribution in [1.29, 1.82) is 0 Å². The Morgan fingerprint density at radius 2 is 2.18 bits per heavy atom.